The highest BCUT2D eigenvalue weighted by molar-refractivity contribution is 6.15. The molecule has 0 aliphatic carbocycles. The number of benzene rings is 15. The van der Waals surface area contributed by atoms with E-state index in [0.29, 0.717) is 11.9 Å². The second-order valence-electron chi connectivity index (χ2n) is 26.1. The molecule has 0 aliphatic heterocycles. The number of nitrogens with zero attached hydrogens (tertiary/aromatic N) is 8. The van der Waals surface area contributed by atoms with Gasteiger partial charge in [0.15, 0.2) is 0 Å². The summed E-state index contributed by atoms with van der Waals surface area (Å²) in [5.74, 6) is 1.33. The molecule has 0 amide bonds. The summed E-state index contributed by atoms with van der Waals surface area (Å²) >= 11 is 0. The van der Waals surface area contributed by atoms with Crippen LogP contribution in [0.5, 0.6) is 0 Å². The lowest BCUT2D eigenvalue weighted by atomic mass is 10.0. The molecule has 0 unspecified atom stereocenters. The molecule has 0 fully saturated rings. The lowest BCUT2D eigenvalue weighted by Crippen LogP contribution is -2.03. The SMILES string of the molecule is c1ccc(-c2ccc(-c3nc(-n4c5ccccc5c5cc(-c6ccc7c(c6)c6ccccc6n7-c6ccccc6)ccc54)nc4ccccc34)cc2)cc1.c1ccc(-c2nc(-n3c4ccccc4c4cc(-c5ccc6c(c5)c5ccccc5n6-c5ccccc5)ccc43)nc3ccccc23)cc1. The molecule has 0 saturated heterocycles. The summed E-state index contributed by atoms with van der Waals surface area (Å²) in [7, 11) is 0. The van der Waals surface area contributed by atoms with Crippen LogP contribution in [0.1, 0.15) is 0 Å². The Hall–Kier alpha value is -13.8. The van der Waals surface area contributed by atoms with Crippen molar-refractivity contribution in [3.63, 3.8) is 0 Å². The third-order valence-corrected chi connectivity index (χ3v) is 20.3. The zero-order valence-electron chi connectivity index (χ0n) is 55.2. The average molecular weight is 1300 g/mol. The van der Waals surface area contributed by atoms with Crippen molar-refractivity contribution < 1.29 is 0 Å². The Balaban J connectivity index is 0.000000138. The monoisotopic (exact) mass is 1300 g/mol. The highest BCUT2D eigenvalue weighted by Crippen LogP contribution is 2.42. The lowest BCUT2D eigenvalue weighted by molar-refractivity contribution is 1.01. The standard InChI is InChI=1S/C50H32N4.C44H28N4/c1-3-13-33(14-4-1)34-23-25-35(26-24-34)49-41-19-7-10-20-44(41)51-50(52-49)54-46-22-12-9-18-40(46)43-32-37(28-30-48(43)54)36-27-29-47-42(31-36)39-17-8-11-21-45(39)53(47)38-15-5-2-6-16-38;1-3-13-29(14-4-1)43-35-19-7-10-20-38(35)45-44(46-43)48-40-22-12-9-18-34(40)37-28-31(24-26-42(37)48)30-23-25-41-36(27-30)33-17-8-11-21-39(33)47(41)32-15-5-2-6-16-32/h1-32H;1-28H. The maximum atomic E-state index is 5.34. The fourth-order valence-electron chi connectivity index (χ4n) is 15.6. The van der Waals surface area contributed by atoms with Crippen LogP contribution in [0.4, 0.5) is 0 Å². The maximum absolute atomic E-state index is 5.34. The van der Waals surface area contributed by atoms with Gasteiger partial charge in [-0.15, -0.1) is 0 Å². The van der Waals surface area contributed by atoms with E-state index in [9.17, 15) is 0 Å². The third-order valence-electron chi connectivity index (χ3n) is 20.3. The highest BCUT2D eigenvalue weighted by atomic mass is 15.2. The van der Waals surface area contributed by atoms with E-state index in [-0.39, 0.29) is 0 Å². The first kappa shape index (κ1) is 58.3. The number of fused-ring (bicyclic) bond motifs is 14. The van der Waals surface area contributed by atoms with Crippen molar-refractivity contribution in [3.8, 4) is 79.2 Å². The first-order valence-electron chi connectivity index (χ1n) is 34.6. The first-order chi connectivity index (χ1) is 50.6. The van der Waals surface area contributed by atoms with E-state index in [1.165, 1.54) is 98.5 Å². The van der Waals surface area contributed by atoms with Gasteiger partial charge in [-0.25, -0.2) is 19.9 Å². The van der Waals surface area contributed by atoms with Gasteiger partial charge in [0.05, 0.1) is 66.6 Å². The molecule has 6 aromatic heterocycles. The summed E-state index contributed by atoms with van der Waals surface area (Å²) in [5.41, 5.74) is 24.3. The van der Waals surface area contributed by atoms with Gasteiger partial charge in [0.2, 0.25) is 11.9 Å². The summed E-state index contributed by atoms with van der Waals surface area (Å²) in [6, 6.07) is 129. The molecule has 0 bridgehead atoms. The van der Waals surface area contributed by atoms with Gasteiger partial charge in [-0.05, 0) is 143 Å². The van der Waals surface area contributed by atoms with Crippen LogP contribution < -0.4 is 0 Å². The van der Waals surface area contributed by atoms with Gasteiger partial charge in [-0.2, -0.15) is 0 Å². The van der Waals surface area contributed by atoms with Gasteiger partial charge in [0, 0.05) is 76.4 Å². The Morgan fingerprint density at radius 1 is 0.157 bits per heavy atom. The van der Waals surface area contributed by atoms with Crippen molar-refractivity contribution in [2.24, 2.45) is 0 Å². The van der Waals surface area contributed by atoms with Crippen LogP contribution in [0.25, 0.3) is 188 Å². The fourth-order valence-corrected chi connectivity index (χ4v) is 15.6. The molecule has 21 aromatic rings. The molecule has 15 aromatic carbocycles. The average Bonchev–Trinajstić information content (AvgIpc) is 1.55. The van der Waals surface area contributed by atoms with Crippen molar-refractivity contribution in [1.29, 1.82) is 0 Å². The summed E-state index contributed by atoms with van der Waals surface area (Å²) < 4.78 is 9.16. The van der Waals surface area contributed by atoms with Gasteiger partial charge < -0.3 is 9.13 Å². The third kappa shape index (κ3) is 9.68. The molecule has 0 saturated carbocycles. The van der Waals surface area contributed by atoms with Crippen LogP contribution in [-0.2, 0) is 0 Å². The van der Waals surface area contributed by atoms with Crippen molar-refractivity contribution in [3.05, 3.63) is 364 Å². The molecular weight excluding hydrogens is 1240 g/mol. The minimum atomic E-state index is 0.657. The van der Waals surface area contributed by atoms with E-state index < -0.39 is 0 Å². The van der Waals surface area contributed by atoms with Crippen molar-refractivity contribution in [2.45, 2.75) is 0 Å². The van der Waals surface area contributed by atoms with Crippen LogP contribution >= 0.6 is 0 Å². The number of hydrogen-bond donors (Lipinski definition) is 0. The predicted octanol–water partition coefficient (Wildman–Crippen LogP) is 24.0. The Kier molecular flexibility index (Phi) is 13.7. The molecule has 21 rings (SSSR count). The van der Waals surface area contributed by atoms with Crippen LogP contribution in [0, 0.1) is 0 Å². The van der Waals surface area contributed by atoms with E-state index in [1.54, 1.807) is 0 Å². The molecule has 0 radical (unpaired) electrons. The predicted molar refractivity (Wildman–Crippen MR) is 424 cm³/mol. The van der Waals surface area contributed by atoms with Gasteiger partial charge >= 0.3 is 0 Å². The van der Waals surface area contributed by atoms with Crippen LogP contribution in [0.15, 0.2) is 364 Å². The van der Waals surface area contributed by atoms with Crippen molar-refractivity contribution in [2.75, 3.05) is 0 Å². The molecule has 0 spiro atoms. The Morgan fingerprint density at radius 3 is 0.775 bits per heavy atom. The second-order valence-corrected chi connectivity index (χ2v) is 26.1. The van der Waals surface area contributed by atoms with Crippen molar-refractivity contribution in [1.82, 2.24) is 38.2 Å². The van der Waals surface area contributed by atoms with Gasteiger partial charge in [0.1, 0.15) is 0 Å². The first-order valence-corrected chi connectivity index (χ1v) is 34.6. The Labute approximate surface area is 586 Å². The summed E-state index contributed by atoms with van der Waals surface area (Å²) in [4.78, 5) is 20.9. The zero-order chi connectivity index (χ0) is 67.2. The Morgan fingerprint density at radius 2 is 0.402 bits per heavy atom. The lowest BCUT2D eigenvalue weighted by Gasteiger charge is -2.12. The Bertz CT molecular complexity index is 6850. The molecule has 0 atom stereocenters. The highest BCUT2D eigenvalue weighted by Gasteiger charge is 2.22. The van der Waals surface area contributed by atoms with Crippen LogP contribution in [0.2, 0.25) is 0 Å². The van der Waals surface area contributed by atoms with E-state index >= 15 is 0 Å². The van der Waals surface area contributed by atoms with Gasteiger partial charge in [-0.1, -0.05) is 255 Å². The van der Waals surface area contributed by atoms with E-state index in [0.717, 1.165) is 77.8 Å². The molecule has 8 heteroatoms. The van der Waals surface area contributed by atoms with E-state index in [4.69, 9.17) is 19.9 Å². The van der Waals surface area contributed by atoms with E-state index in [2.05, 4.69) is 358 Å². The summed E-state index contributed by atoms with van der Waals surface area (Å²) in [6.07, 6.45) is 0. The zero-order valence-corrected chi connectivity index (χ0v) is 55.2. The van der Waals surface area contributed by atoms with Gasteiger partial charge in [0.25, 0.3) is 0 Å². The molecule has 102 heavy (non-hydrogen) atoms. The molecular formula is C94H60N8. The minimum absolute atomic E-state index is 0.657. The number of hydrogen-bond acceptors (Lipinski definition) is 4. The molecule has 8 nitrogen and oxygen atoms in total. The fraction of sp³-hybridized carbons (Fsp3) is 0. The second kappa shape index (κ2) is 24.0. The van der Waals surface area contributed by atoms with E-state index in [1.807, 2.05) is 24.3 Å². The number of aromatic nitrogens is 8. The largest absolute Gasteiger partial charge is 0.309 e. The van der Waals surface area contributed by atoms with Gasteiger partial charge in [-0.3, -0.25) is 9.13 Å². The molecule has 476 valence electrons. The number of para-hydroxylation sites is 8. The maximum Gasteiger partial charge on any atom is 0.235 e. The van der Waals surface area contributed by atoms with Crippen molar-refractivity contribution >= 4 is 109 Å². The van der Waals surface area contributed by atoms with Crippen LogP contribution in [0.3, 0.4) is 0 Å². The smallest absolute Gasteiger partial charge is 0.235 e. The molecule has 0 aliphatic rings. The molecule has 6 heterocycles. The topological polar surface area (TPSA) is 71.3 Å². The normalized spacial score (nSPS) is 11.7. The summed E-state index contributed by atoms with van der Waals surface area (Å²) in [6.45, 7) is 0. The number of rotatable bonds is 9. The molecule has 0 N–H and O–H groups in total. The van der Waals surface area contributed by atoms with Crippen LogP contribution in [-0.4, -0.2) is 38.2 Å². The minimum Gasteiger partial charge on any atom is -0.309 e. The quantitative estimate of drug-likeness (QED) is 0.144. The summed E-state index contributed by atoms with van der Waals surface area (Å²) in [5, 5.41) is 11.7.